The third-order valence-corrected chi connectivity index (χ3v) is 6.80. The second-order valence-electron chi connectivity index (χ2n) is 8.86. The highest BCUT2D eigenvalue weighted by Crippen LogP contribution is 2.28. The molecular weight excluding hydrogens is 466 g/mol. The molecule has 2 amide bonds. The normalized spacial score (nSPS) is 18.1. The summed E-state index contributed by atoms with van der Waals surface area (Å²) in [5, 5.41) is 22.3. The number of benzene rings is 1. The molecule has 1 fully saturated rings. The topological polar surface area (TPSA) is 133 Å². The predicted molar refractivity (Wildman–Crippen MR) is 135 cm³/mol. The van der Waals surface area contributed by atoms with Gasteiger partial charge in [-0.05, 0) is 32.4 Å². The Balaban J connectivity index is 1.21. The molecule has 1 saturated heterocycles. The van der Waals surface area contributed by atoms with Gasteiger partial charge in [-0.1, -0.05) is 17.4 Å². The van der Waals surface area contributed by atoms with Crippen molar-refractivity contribution in [2.24, 2.45) is 0 Å². The van der Waals surface area contributed by atoms with Crippen LogP contribution >= 0.6 is 11.3 Å². The van der Waals surface area contributed by atoms with Crippen molar-refractivity contribution in [2.75, 3.05) is 23.7 Å². The molecule has 1 aliphatic rings. The van der Waals surface area contributed by atoms with E-state index in [9.17, 15) is 9.59 Å². The number of aromatic amines is 1. The summed E-state index contributed by atoms with van der Waals surface area (Å²) in [6.07, 6.45) is 4.98. The van der Waals surface area contributed by atoms with Gasteiger partial charge in [0.25, 0.3) is 5.91 Å². The zero-order chi connectivity index (χ0) is 24.5. The number of fused-ring (bicyclic) bond motifs is 1. The van der Waals surface area contributed by atoms with E-state index in [0.717, 1.165) is 22.2 Å². The van der Waals surface area contributed by atoms with Gasteiger partial charge in [-0.2, -0.15) is 10.2 Å². The van der Waals surface area contributed by atoms with Crippen LogP contribution in [0.5, 0.6) is 0 Å². The number of anilines is 3. The highest BCUT2D eigenvalue weighted by atomic mass is 32.1. The Labute approximate surface area is 205 Å². The van der Waals surface area contributed by atoms with Crippen LogP contribution in [0.15, 0.2) is 36.8 Å². The first-order chi connectivity index (χ1) is 16.9. The number of amides is 2. The summed E-state index contributed by atoms with van der Waals surface area (Å²) in [6.45, 7) is 7.64. The molecule has 0 unspecified atom stereocenters. The van der Waals surface area contributed by atoms with Gasteiger partial charge in [0, 0.05) is 42.8 Å². The van der Waals surface area contributed by atoms with Gasteiger partial charge in [0.05, 0.1) is 23.6 Å². The number of aryl methyl sites for hydroxylation is 1. The standard InChI is InChI=1S/C23H27N9O2S/c1-13-4-5-17-16(8-25-29-17)21(13)28-22(34)18-9-24-23(35-18)27-19-6-7-32(30-19)12-20(33)31-10-14(2)26-15(3)11-31/h4-9,14-15,26H,10-12H2,1-3H3,(H,25,29)(H,28,34)(H,24,27,30)/t14-,15+. The number of carbonyl (C=O) groups excluding carboxylic acids is 2. The average Bonchev–Trinajstić information content (AvgIpc) is 3.56. The third-order valence-electron chi connectivity index (χ3n) is 5.88. The summed E-state index contributed by atoms with van der Waals surface area (Å²) < 4.78 is 1.61. The minimum atomic E-state index is -0.247. The first-order valence-electron chi connectivity index (χ1n) is 11.4. The Bertz CT molecular complexity index is 1360. The van der Waals surface area contributed by atoms with Gasteiger partial charge in [0.2, 0.25) is 5.91 Å². The number of hydrogen-bond acceptors (Lipinski definition) is 8. The van der Waals surface area contributed by atoms with Crippen molar-refractivity contribution in [3.05, 3.63) is 47.2 Å². The van der Waals surface area contributed by atoms with Crippen molar-refractivity contribution < 1.29 is 9.59 Å². The molecule has 4 N–H and O–H groups in total. The number of rotatable bonds is 6. The Morgan fingerprint density at radius 3 is 2.77 bits per heavy atom. The summed E-state index contributed by atoms with van der Waals surface area (Å²) in [4.78, 5) is 32.2. The molecule has 12 heteroatoms. The van der Waals surface area contributed by atoms with Crippen LogP contribution in [-0.2, 0) is 11.3 Å². The molecule has 35 heavy (non-hydrogen) atoms. The van der Waals surface area contributed by atoms with E-state index < -0.39 is 0 Å². The summed E-state index contributed by atoms with van der Waals surface area (Å²) in [5.41, 5.74) is 2.52. The number of carbonyl (C=O) groups is 2. The second kappa shape index (κ2) is 9.47. The minimum absolute atomic E-state index is 0.0380. The van der Waals surface area contributed by atoms with Gasteiger partial charge in [-0.25, -0.2) is 4.98 Å². The fourth-order valence-corrected chi connectivity index (χ4v) is 5.02. The first-order valence-corrected chi connectivity index (χ1v) is 12.2. The molecular formula is C23H27N9O2S. The maximum atomic E-state index is 12.9. The van der Waals surface area contributed by atoms with Gasteiger partial charge < -0.3 is 20.9 Å². The lowest BCUT2D eigenvalue weighted by Gasteiger charge is -2.36. The number of nitrogens with zero attached hydrogens (tertiary/aromatic N) is 5. The fourth-order valence-electron chi connectivity index (χ4n) is 4.30. The van der Waals surface area contributed by atoms with Gasteiger partial charge in [0.1, 0.15) is 11.4 Å². The van der Waals surface area contributed by atoms with Crippen LogP contribution in [0.25, 0.3) is 10.9 Å². The minimum Gasteiger partial charge on any atom is -0.338 e. The lowest BCUT2D eigenvalue weighted by atomic mass is 10.1. The molecule has 4 aromatic rings. The quantitative estimate of drug-likeness (QED) is 0.325. The largest absolute Gasteiger partial charge is 0.338 e. The molecule has 0 bridgehead atoms. The summed E-state index contributed by atoms with van der Waals surface area (Å²) in [6, 6.07) is 6.18. The molecule has 4 heterocycles. The van der Waals surface area contributed by atoms with E-state index in [1.54, 1.807) is 23.1 Å². The Hall–Kier alpha value is -3.77. The molecule has 11 nitrogen and oxygen atoms in total. The number of thiazole rings is 1. The van der Waals surface area contributed by atoms with Gasteiger partial charge in [-0.15, -0.1) is 0 Å². The number of H-pyrrole nitrogens is 1. The molecule has 1 aromatic carbocycles. The summed E-state index contributed by atoms with van der Waals surface area (Å²) in [7, 11) is 0. The zero-order valence-electron chi connectivity index (χ0n) is 19.7. The first kappa shape index (κ1) is 23.0. The van der Waals surface area contributed by atoms with Crippen molar-refractivity contribution in [1.82, 2.24) is 35.2 Å². The number of aromatic nitrogens is 5. The van der Waals surface area contributed by atoms with Crippen LogP contribution in [0.3, 0.4) is 0 Å². The predicted octanol–water partition coefficient (Wildman–Crippen LogP) is 2.73. The van der Waals surface area contributed by atoms with Crippen LogP contribution in [0, 0.1) is 6.92 Å². The number of piperazine rings is 1. The van der Waals surface area contributed by atoms with E-state index >= 15 is 0 Å². The van der Waals surface area contributed by atoms with Crippen LogP contribution in [-0.4, -0.2) is 66.8 Å². The molecule has 0 spiro atoms. The molecule has 2 atom stereocenters. The van der Waals surface area contributed by atoms with Crippen molar-refractivity contribution in [3.8, 4) is 0 Å². The van der Waals surface area contributed by atoms with E-state index in [2.05, 4.69) is 50.1 Å². The smallest absolute Gasteiger partial charge is 0.267 e. The van der Waals surface area contributed by atoms with E-state index in [0.29, 0.717) is 28.9 Å². The molecule has 0 aliphatic carbocycles. The van der Waals surface area contributed by atoms with Crippen LogP contribution in [0.1, 0.15) is 29.1 Å². The Morgan fingerprint density at radius 2 is 1.97 bits per heavy atom. The highest BCUT2D eigenvalue weighted by Gasteiger charge is 2.25. The van der Waals surface area contributed by atoms with E-state index in [1.807, 2.05) is 24.0 Å². The van der Waals surface area contributed by atoms with E-state index in [4.69, 9.17) is 0 Å². The Morgan fingerprint density at radius 1 is 1.17 bits per heavy atom. The molecule has 0 saturated carbocycles. The van der Waals surface area contributed by atoms with Gasteiger partial charge >= 0.3 is 0 Å². The maximum absolute atomic E-state index is 12.9. The van der Waals surface area contributed by atoms with Crippen molar-refractivity contribution in [2.45, 2.75) is 39.4 Å². The maximum Gasteiger partial charge on any atom is 0.267 e. The second-order valence-corrected chi connectivity index (χ2v) is 9.89. The van der Waals surface area contributed by atoms with Crippen molar-refractivity contribution in [1.29, 1.82) is 0 Å². The Kier molecular flexibility index (Phi) is 6.22. The molecule has 182 valence electrons. The third kappa shape index (κ3) is 5.03. The van der Waals surface area contributed by atoms with Gasteiger partial charge in [0.15, 0.2) is 10.9 Å². The van der Waals surface area contributed by atoms with E-state index in [-0.39, 0.29) is 30.4 Å². The van der Waals surface area contributed by atoms with Crippen molar-refractivity contribution in [3.63, 3.8) is 0 Å². The van der Waals surface area contributed by atoms with E-state index in [1.165, 1.54) is 17.5 Å². The molecule has 5 rings (SSSR count). The van der Waals surface area contributed by atoms with Gasteiger partial charge in [-0.3, -0.25) is 19.4 Å². The highest BCUT2D eigenvalue weighted by molar-refractivity contribution is 7.17. The summed E-state index contributed by atoms with van der Waals surface area (Å²) in [5.74, 6) is 0.346. The monoisotopic (exact) mass is 493 g/mol. The zero-order valence-corrected chi connectivity index (χ0v) is 20.5. The lowest BCUT2D eigenvalue weighted by molar-refractivity contribution is -0.133. The van der Waals surface area contributed by atoms with Crippen LogP contribution < -0.4 is 16.0 Å². The summed E-state index contributed by atoms with van der Waals surface area (Å²) >= 11 is 1.23. The number of nitrogens with one attached hydrogen (secondary N) is 4. The van der Waals surface area contributed by atoms with Crippen LogP contribution in [0.4, 0.5) is 16.6 Å². The molecule has 3 aromatic heterocycles. The SMILES string of the molecule is Cc1ccc2[nH]ncc2c1NC(=O)c1cnc(Nc2ccn(CC(=O)N3C[C@@H](C)N[C@@H](C)C3)n2)s1. The van der Waals surface area contributed by atoms with Crippen LogP contribution in [0.2, 0.25) is 0 Å². The molecule has 0 radical (unpaired) electrons. The fraction of sp³-hybridized carbons (Fsp3) is 0.348. The molecule has 1 aliphatic heterocycles. The lowest BCUT2D eigenvalue weighted by Crippen LogP contribution is -2.56. The average molecular weight is 494 g/mol. The number of hydrogen-bond donors (Lipinski definition) is 4. The van der Waals surface area contributed by atoms with Crippen molar-refractivity contribution >= 4 is 50.7 Å².